The summed E-state index contributed by atoms with van der Waals surface area (Å²) < 4.78 is 0. The van der Waals surface area contributed by atoms with E-state index in [1.807, 2.05) is 7.05 Å². The predicted octanol–water partition coefficient (Wildman–Crippen LogP) is 1.74. The summed E-state index contributed by atoms with van der Waals surface area (Å²) in [5, 5.41) is 10.5. The Morgan fingerprint density at radius 2 is 2.00 bits per heavy atom. The van der Waals surface area contributed by atoms with Crippen LogP contribution in [-0.2, 0) is 12.0 Å². The van der Waals surface area contributed by atoms with Gasteiger partial charge in [-0.25, -0.2) is 0 Å². The van der Waals surface area contributed by atoms with Gasteiger partial charge in [0, 0.05) is 17.8 Å². The van der Waals surface area contributed by atoms with Crippen molar-refractivity contribution in [2.24, 2.45) is 0 Å². The number of nitrogens with zero attached hydrogens (tertiary/aromatic N) is 1. The second-order valence-electron chi connectivity index (χ2n) is 4.45. The van der Waals surface area contributed by atoms with Gasteiger partial charge in [-0.3, -0.25) is 5.10 Å². The fourth-order valence-corrected chi connectivity index (χ4v) is 1.77. The van der Waals surface area contributed by atoms with Crippen LogP contribution in [0.2, 0.25) is 0 Å². The minimum Gasteiger partial charge on any atom is -0.314 e. The van der Waals surface area contributed by atoms with Gasteiger partial charge < -0.3 is 5.32 Å². The molecular formula is C10H19N3. The third-order valence-corrected chi connectivity index (χ3v) is 2.12. The quantitative estimate of drug-likeness (QED) is 0.729. The summed E-state index contributed by atoms with van der Waals surface area (Å²) in [5.41, 5.74) is 3.82. The Balaban J connectivity index is 3.09. The van der Waals surface area contributed by atoms with Gasteiger partial charge in [0.05, 0.1) is 5.69 Å². The Bertz CT molecular complexity index is 281. The van der Waals surface area contributed by atoms with Gasteiger partial charge in [0.25, 0.3) is 0 Å². The van der Waals surface area contributed by atoms with Crippen molar-refractivity contribution in [3.63, 3.8) is 0 Å². The van der Waals surface area contributed by atoms with Crippen molar-refractivity contribution in [2.45, 2.75) is 39.7 Å². The van der Waals surface area contributed by atoms with E-state index in [4.69, 9.17) is 0 Å². The van der Waals surface area contributed by atoms with Gasteiger partial charge in [0.15, 0.2) is 0 Å². The summed E-state index contributed by atoms with van der Waals surface area (Å²) in [7, 11) is 1.94. The average Bonchev–Trinajstić information content (AvgIpc) is 2.31. The molecule has 0 unspecified atom stereocenters. The van der Waals surface area contributed by atoms with Crippen molar-refractivity contribution in [1.82, 2.24) is 15.5 Å². The highest BCUT2D eigenvalue weighted by Crippen LogP contribution is 2.27. The Hall–Kier alpha value is -0.830. The molecule has 0 aliphatic rings. The molecule has 0 aromatic carbocycles. The maximum absolute atomic E-state index is 4.28. The monoisotopic (exact) mass is 181 g/mol. The van der Waals surface area contributed by atoms with Crippen LogP contribution in [0.4, 0.5) is 0 Å². The van der Waals surface area contributed by atoms with E-state index in [9.17, 15) is 0 Å². The number of nitrogens with one attached hydrogen (secondary N) is 2. The second-order valence-corrected chi connectivity index (χ2v) is 4.45. The van der Waals surface area contributed by atoms with E-state index >= 15 is 0 Å². The fourth-order valence-electron chi connectivity index (χ4n) is 1.77. The summed E-state index contributed by atoms with van der Waals surface area (Å²) in [6.07, 6.45) is 0. The topological polar surface area (TPSA) is 40.7 Å². The lowest BCUT2D eigenvalue weighted by Crippen LogP contribution is -2.17. The lowest BCUT2D eigenvalue weighted by Gasteiger charge is -2.19. The molecule has 0 amide bonds. The zero-order valence-electron chi connectivity index (χ0n) is 9.15. The van der Waals surface area contributed by atoms with Crippen molar-refractivity contribution < 1.29 is 0 Å². The lowest BCUT2D eigenvalue weighted by atomic mass is 9.85. The summed E-state index contributed by atoms with van der Waals surface area (Å²) in [4.78, 5) is 0. The Morgan fingerprint density at radius 3 is 2.46 bits per heavy atom. The third-order valence-electron chi connectivity index (χ3n) is 2.12. The van der Waals surface area contributed by atoms with E-state index in [0.717, 1.165) is 12.2 Å². The maximum Gasteiger partial charge on any atom is 0.0799 e. The highest BCUT2D eigenvalue weighted by atomic mass is 15.1. The fraction of sp³-hybridized carbons (Fsp3) is 0.700. The first-order chi connectivity index (χ1) is 5.96. The first-order valence-corrected chi connectivity index (χ1v) is 4.65. The summed E-state index contributed by atoms with van der Waals surface area (Å²) in [6.45, 7) is 9.54. The van der Waals surface area contributed by atoms with Crippen molar-refractivity contribution in [3.05, 3.63) is 17.0 Å². The van der Waals surface area contributed by atoms with E-state index < -0.39 is 0 Å². The van der Waals surface area contributed by atoms with Crippen LogP contribution < -0.4 is 5.32 Å². The number of rotatable bonds is 2. The Labute approximate surface area is 79.9 Å². The predicted molar refractivity (Wildman–Crippen MR) is 54.8 cm³/mol. The number of hydrogen-bond donors (Lipinski definition) is 2. The number of aromatic nitrogens is 2. The van der Waals surface area contributed by atoms with Gasteiger partial charge in [0.1, 0.15) is 0 Å². The average molecular weight is 181 g/mol. The highest BCUT2D eigenvalue weighted by Gasteiger charge is 2.22. The zero-order valence-corrected chi connectivity index (χ0v) is 9.15. The molecule has 1 heterocycles. The van der Waals surface area contributed by atoms with E-state index in [1.165, 1.54) is 11.3 Å². The van der Waals surface area contributed by atoms with Crippen LogP contribution in [0.15, 0.2) is 0 Å². The van der Waals surface area contributed by atoms with Crippen LogP contribution in [0.3, 0.4) is 0 Å². The smallest absolute Gasteiger partial charge is 0.0799 e. The molecule has 0 fully saturated rings. The summed E-state index contributed by atoms with van der Waals surface area (Å²) in [5.74, 6) is 0. The van der Waals surface area contributed by atoms with Crippen LogP contribution >= 0.6 is 0 Å². The molecule has 0 bridgehead atoms. The number of aryl methyl sites for hydroxylation is 1. The normalized spacial score (nSPS) is 12.1. The molecule has 0 saturated heterocycles. The van der Waals surface area contributed by atoms with E-state index in [0.29, 0.717) is 0 Å². The molecule has 1 rings (SSSR count). The van der Waals surface area contributed by atoms with E-state index in [-0.39, 0.29) is 5.41 Å². The Kier molecular flexibility index (Phi) is 2.76. The molecule has 0 radical (unpaired) electrons. The third kappa shape index (κ3) is 2.10. The molecule has 2 N–H and O–H groups in total. The number of aromatic amines is 1. The van der Waals surface area contributed by atoms with Crippen molar-refractivity contribution in [1.29, 1.82) is 0 Å². The molecule has 13 heavy (non-hydrogen) atoms. The van der Waals surface area contributed by atoms with Crippen LogP contribution in [0, 0.1) is 6.92 Å². The maximum atomic E-state index is 4.28. The van der Waals surface area contributed by atoms with Crippen molar-refractivity contribution >= 4 is 0 Å². The molecule has 0 aliphatic carbocycles. The van der Waals surface area contributed by atoms with Gasteiger partial charge in [-0.2, -0.15) is 5.10 Å². The van der Waals surface area contributed by atoms with Gasteiger partial charge in [-0.15, -0.1) is 0 Å². The molecule has 0 aliphatic heterocycles. The van der Waals surface area contributed by atoms with Gasteiger partial charge >= 0.3 is 0 Å². The largest absolute Gasteiger partial charge is 0.314 e. The minimum atomic E-state index is 0.170. The first-order valence-electron chi connectivity index (χ1n) is 4.65. The zero-order chi connectivity index (χ0) is 10.1. The standard InChI is InChI=1S/C10H19N3/c1-7-9(10(2,3)4)8(6-11-5)13-12-7/h11H,6H2,1-5H3,(H,12,13). The van der Waals surface area contributed by atoms with Crippen LogP contribution in [0.1, 0.15) is 37.7 Å². The second kappa shape index (κ2) is 3.50. The van der Waals surface area contributed by atoms with Crippen LogP contribution in [-0.4, -0.2) is 17.2 Å². The summed E-state index contributed by atoms with van der Waals surface area (Å²) in [6, 6.07) is 0. The van der Waals surface area contributed by atoms with E-state index in [1.54, 1.807) is 0 Å². The molecule has 0 atom stereocenters. The van der Waals surface area contributed by atoms with Crippen molar-refractivity contribution in [3.8, 4) is 0 Å². The van der Waals surface area contributed by atoms with Gasteiger partial charge in [-0.1, -0.05) is 20.8 Å². The lowest BCUT2D eigenvalue weighted by molar-refractivity contribution is 0.574. The minimum absolute atomic E-state index is 0.170. The first kappa shape index (κ1) is 10.3. The number of hydrogen-bond acceptors (Lipinski definition) is 2. The van der Waals surface area contributed by atoms with E-state index in [2.05, 4.69) is 43.2 Å². The molecule has 74 valence electrons. The molecule has 0 saturated carbocycles. The Morgan fingerprint density at radius 1 is 1.38 bits per heavy atom. The molecule has 1 aromatic rings. The van der Waals surface area contributed by atoms with Gasteiger partial charge in [0.2, 0.25) is 0 Å². The van der Waals surface area contributed by atoms with Crippen LogP contribution in [0.25, 0.3) is 0 Å². The molecule has 1 aromatic heterocycles. The molecule has 3 heteroatoms. The summed E-state index contributed by atoms with van der Waals surface area (Å²) >= 11 is 0. The van der Waals surface area contributed by atoms with Crippen molar-refractivity contribution in [2.75, 3.05) is 7.05 Å². The SMILES string of the molecule is CNCc1n[nH]c(C)c1C(C)(C)C. The van der Waals surface area contributed by atoms with Crippen LogP contribution in [0.5, 0.6) is 0 Å². The highest BCUT2D eigenvalue weighted by molar-refractivity contribution is 5.31. The molecule has 3 nitrogen and oxygen atoms in total. The molecular weight excluding hydrogens is 162 g/mol. The van der Waals surface area contributed by atoms with Gasteiger partial charge in [-0.05, 0) is 19.4 Å². The number of H-pyrrole nitrogens is 1. The molecule has 0 spiro atoms.